The first-order valence-corrected chi connectivity index (χ1v) is 10.3. The zero-order chi connectivity index (χ0) is 18.2. The Balaban J connectivity index is 1.84. The topological polar surface area (TPSA) is 66.4 Å². The minimum Gasteiger partial charge on any atom is -0.383 e. The van der Waals surface area contributed by atoms with Gasteiger partial charge in [-0.05, 0) is 49.1 Å². The summed E-state index contributed by atoms with van der Waals surface area (Å²) < 4.78 is 28.7. The lowest BCUT2D eigenvalue weighted by Crippen LogP contribution is -2.38. The third kappa shape index (κ3) is 3.73. The molecule has 25 heavy (non-hydrogen) atoms. The van der Waals surface area contributed by atoms with Crippen molar-refractivity contribution in [3.05, 3.63) is 64.0 Å². The minimum absolute atomic E-state index is 0.118. The van der Waals surface area contributed by atoms with E-state index < -0.39 is 15.6 Å². The van der Waals surface area contributed by atoms with Crippen molar-refractivity contribution in [2.24, 2.45) is 0 Å². The Morgan fingerprint density at radius 1 is 1.20 bits per heavy atom. The standard InChI is InChI=1S/C18H18ClNO3S2/c1-12-14(19)7-5-9-16(12)25(22,23)20-11-18(2,21)17-10-13-6-3-4-8-15(13)24-17/h3-10,20-21H,11H2,1-2H3. The van der Waals surface area contributed by atoms with E-state index in [0.29, 0.717) is 15.5 Å². The maximum atomic E-state index is 12.6. The Kier molecular flexibility index (Phi) is 4.92. The molecule has 0 bridgehead atoms. The first-order valence-electron chi connectivity index (χ1n) is 7.67. The summed E-state index contributed by atoms with van der Waals surface area (Å²) in [4.78, 5) is 0.825. The van der Waals surface area contributed by atoms with Crippen LogP contribution in [0, 0.1) is 6.92 Å². The van der Waals surface area contributed by atoms with Crippen LogP contribution in [-0.4, -0.2) is 20.1 Å². The van der Waals surface area contributed by atoms with E-state index in [1.54, 1.807) is 26.0 Å². The molecule has 0 aliphatic heterocycles. The summed E-state index contributed by atoms with van der Waals surface area (Å²) in [5, 5.41) is 12.2. The molecule has 0 amide bonds. The summed E-state index contributed by atoms with van der Waals surface area (Å²) in [6.07, 6.45) is 0. The van der Waals surface area contributed by atoms with Crippen LogP contribution in [0.15, 0.2) is 53.4 Å². The summed E-state index contributed by atoms with van der Waals surface area (Å²) in [5.74, 6) is 0. The van der Waals surface area contributed by atoms with Gasteiger partial charge in [-0.25, -0.2) is 13.1 Å². The van der Waals surface area contributed by atoms with Crippen LogP contribution >= 0.6 is 22.9 Å². The second kappa shape index (κ2) is 6.70. The monoisotopic (exact) mass is 395 g/mol. The first-order chi connectivity index (χ1) is 11.7. The van der Waals surface area contributed by atoms with Gasteiger partial charge in [0.1, 0.15) is 5.60 Å². The minimum atomic E-state index is -3.77. The van der Waals surface area contributed by atoms with Crippen molar-refractivity contribution in [1.29, 1.82) is 0 Å². The van der Waals surface area contributed by atoms with E-state index in [-0.39, 0.29) is 11.4 Å². The molecule has 132 valence electrons. The molecule has 0 aliphatic carbocycles. The highest BCUT2D eigenvalue weighted by molar-refractivity contribution is 7.89. The molecule has 0 fully saturated rings. The molecular formula is C18H18ClNO3S2. The lowest BCUT2D eigenvalue weighted by Gasteiger charge is -2.22. The van der Waals surface area contributed by atoms with Crippen molar-refractivity contribution in [2.75, 3.05) is 6.54 Å². The molecule has 3 rings (SSSR count). The van der Waals surface area contributed by atoms with E-state index in [4.69, 9.17) is 11.6 Å². The Morgan fingerprint density at radius 2 is 1.92 bits per heavy atom. The second-order valence-corrected chi connectivity index (χ2v) is 9.34. The van der Waals surface area contributed by atoms with Crippen LogP contribution < -0.4 is 4.72 Å². The predicted octanol–water partition coefficient (Wildman–Crippen LogP) is 4.05. The molecule has 3 aromatic rings. The average Bonchev–Trinajstić information content (AvgIpc) is 3.01. The van der Waals surface area contributed by atoms with Crippen molar-refractivity contribution < 1.29 is 13.5 Å². The van der Waals surface area contributed by atoms with Gasteiger partial charge >= 0.3 is 0 Å². The molecule has 1 aromatic heterocycles. The molecule has 0 radical (unpaired) electrons. The summed E-state index contributed by atoms with van der Waals surface area (Å²) in [6.45, 7) is 3.13. The van der Waals surface area contributed by atoms with Crippen molar-refractivity contribution in [2.45, 2.75) is 24.3 Å². The van der Waals surface area contributed by atoms with Gasteiger partial charge in [0.2, 0.25) is 10.0 Å². The summed E-state index contributed by atoms with van der Waals surface area (Å²) in [7, 11) is -3.77. The molecule has 2 N–H and O–H groups in total. The number of halogens is 1. The Morgan fingerprint density at radius 3 is 2.64 bits per heavy atom. The number of fused-ring (bicyclic) bond motifs is 1. The van der Waals surface area contributed by atoms with Crippen molar-refractivity contribution in [3.8, 4) is 0 Å². The molecular weight excluding hydrogens is 378 g/mol. The maximum absolute atomic E-state index is 12.6. The molecule has 4 nitrogen and oxygen atoms in total. The molecule has 7 heteroatoms. The quantitative estimate of drug-likeness (QED) is 0.684. The fourth-order valence-electron chi connectivity index (χ4n) is 2.53. The van der Waals surface area contributed by atoms with E-state index in [1.165, 1.54) is 17.4 Å². The van der Waals surface area contributed by atoms with Gasteiger partial charge in [-0.2, -0.15) is 0 Å². The van der Waals surface area contributed by atoms with Gasteiger partial charge in [0.15, 0.2) is 0 Å². The van der Waals surface area contributed by atoms with Crippen LogP contribution in [0.4, 0.5) is 0 Å². The molecule has 0 saturated carbocycles. The number of rotatable bonds is 5. The van der Waals surface area contributed by atoms with Gasteiger partial charge in [0.25, 0.3) is 0 Å². The van der Waals surface area contributed by atoms with Crippen molar-refractivity contribution >= 4 is 43.0 Å². The molecule has 1 heterocycles. The van der Waals surface area contributed by atoms with Crippen LogP contribution in [0.3, 0.4) is 0 Å². The Labute approximate surface area is 156 Å². The van der Waals surface area contributed by atoms with E-state index in [0.717, 1.165) is 10.1 Å². The molecule has 0 spiro atoms. The van der Waals surface area contributed by atoms with Crippen molar-refractivity contribution in [1.82, 2.24) is 4.72 Å². The molecule has 1 atom stereocenters. The first kappa shape index (κ1) is 18.4. The number of hydrogen-bond acceptors (Lipinski definition) is 4. The zero-order valence-corrected chi connectivity index (χ0v) is 16.2. The van der Waals surface area contributed by atoms with Crippen molar-refractivity contribution in [3.63, 3.8) is 0 Å². The normalized spacial score (nSPS) is 14.6. The van der Waals surface area contributed by atoms with Gasteiger partial charge < -0.3 is 5.11 Å². The lowest BCUT2D eigenvalue weighted by molar-refractivity contribution is 0.0666. The van der Waals surface area contributed by atoms with Crippen LogP contribution in [0.25, 0.3) is 10.1 Å². The largest absolute Gasteiger partial charge is 0.383 e. The summed E-state index contributed by atoms with van der Waals surface area (Å²) in [6, 6.07) is 14.4. The fourth-order valence-corrected chi connectivity index (χ4v) is 5.26. The molecule has 2 aromatic carbocycles. The van der Waals surface area contributed by atoms with E-state index in [9.17, 15) is 13.5 Å². The highest BCUT2D eigenvalue weighted by atomic mass is 35.5. The SMILES string of the molecule is Cc1c(Cl)cccc1S(=O)(=O)NCC(C)(O)c1cc2ccccc2s1. The van der Waals surface area contributed by atoms with E-state index in [1.807, 2.05) is 30.3 Å². The van der Waals surface area contributed by atoms with Gasteiger partial charge in [-0.1, -0.05) is 35.9 Å². The van der Waals surface area contributed by atoms with E-state index >= 15 is 0 Å². The van der Waals surface area contributed by atoms with Gasteiger partial charge in [-0.15, -0.1) is 11.3 Å². The van der Waals surface area contributed by atoms with Gasteiger partial charge in [0.05, 0.1) is 4.90 Å². The second-order valence-electron chi connectivity index (χ2n) is 6.11. The highest BCUT2D eigenvalue weighted by Crippen LogP contribution is 2.33. The average molecular weight is 396 g/mol. The number of aliphatic hydroxyl groups is 1. The van der Waals surface area contributed by atoms with E-state index in [2.05, 4.69) is 4.72 Å². The third-order valence-electron chi connectivity index (χ3n) is 4.07. The molecule has 0 saturated heterocycles. The maximum Gasteiger partial charge on any atom is 0.240 e. The van der Waals surface area contributed by atoms with Gasteiger partial charge in [0, 0.05) is 21.1 Å². The van der Waals surface area contributed by atoms with Crippen LogP contribution in [-0.2, 0) is 15.6 Å². The highest BCUT2D eigenvalue weighted by Gasteiger charge is 2.28. The smallest absolute Gasteiger partial charge is 0.240 e. The Hall–Kier alpha value is -1.44. The third-order valence-corrected chi connectivity index (χ3v) is 7.39. The number of benzene rings is 2. The number of hydrogen-bond donors (Lipinski definition) is 2. The fraction of sp³-hybridized carbons (Fsp3) is 0.222. The lowest BCUT2D eigenvalue weighted by atomic mass is 10.1. The number of sulfonamides is 1. The summed E-state index contributed by atoms with van der Waals surface area (Å²) >= 11 is 7.46. The molecule has 0 aliphatic rings. The number of thiophene rings is 1. The zero-order valence-electron chi connectivity index (χ0n) is 13.8. The summed E-state index contributed by atoms with van der Waals surface area (Å²) in [5.41, 5.74) is -0.832. The van der Waals surface area contributed by atoms with Crippen LogP contribution in [0.2, 0.25) is 5.02 Å². The van der Waals surface area contributed by atoms with Crippen LogP contribution in [0.5, 0.6) is 0 Å². The molecule has 1 unspecified atom stereocenters. The van der Waals surface area contributed by atoms with Gasteiger partial charge in [-0.3, -0.25) is 0 Å². The number of nitrogens with one attached hydrogen (secondary N) is 1. The Bertz CT molecular complexity index is 993. The van der Waals surface area contributed by atoms with Crippen LogP contribution in [0.1, 0.15) is 17.4 Å². The predicted molar refractivity (Wildman–Crippen MR) is 103 cm³/mol.